The van der Waals surface area contributed by atoms with Gasteiger partial charge in [-0.15, -0.1) is 0 Å². The highest BCUT2D eigenvalue weighted by Gasteiger charge is 2.07. The van der Waals surface area contributed by atoms with E-state index in [1.807, 2.05) is 62.4 Å². The van der Waals surface area contributed by atoms with Gasteiger partial charge in [0.25, 0.3) is 5.91 Å². The van der Waals surface area contributed by atoms with E-state index in [2.05, 4.69) is 10.5 Å². The lowest BCUT2D eigenvalue weighted by Crippen LogP contribution is -2.20. The van der Waals surface area contributed by atoms with Gasteiger partial charge in [-0.05, 0) is 30.5 Å². The van der Waals surface area contributed by atoms with E-state index >= 15 is 0 Å². The average Bonchev–Trinajstić information content (AvgIpc) is 2.49. The molecule has 0 atom stereocenters. The Morgan fingerprint density at radius 2 is 1.70 bits per heavy atom. The maximum Gasteiger partial charge on any atom is 0.271 e. The van der Waals surface area contributed by atoms with E-state index in [4.69, 9.17) is 0 Å². The molecule has 0 aliphatic carbocycles. The lowest BCUT2D eigenvalue weighted by atomic mass is 10.1. The monoisotopic (exact) mass is 266 g/mol. The van der Waals surface area contributed by atoms with Gasteiger partial charge in [0.1, 0.15) is 0 Å². The number of aryl methyl sites for hydroxylation is 1. The molecule has 0 aliphatic rings. The van der Waals surface area contributed by atoms with Crippen molar-refractivity contribution >= 4 is 11.6 Å². The van der Waals surface area contributed by atoms with Gasteiger partial charge in [-0.25, -0.2) is 5.43 Å². The normalized spacial score (nSPS) is 11.2. The van der Waals surface area contributed by atoms with Crippen LogP contribution in [0.3, 0.4) is 0 Å². The summed E-state index contributed by atoms with van der Waals surface area (Å²) in [6.07, 6.45) is 0.762. The van der Waals surface area contributed by atoms with Crippen LogP contribution in [0.25, 0.3) is 0 Å². The third-order valence-corrected chi connectivity index (χ3v) is 3.12. The molecule has 1 amide bonds. The van der Waals surface area contributed by atoms with Crippen LogP contribution < -0.4 is 5.43 Å². The predicted molar refractivity (Wildman–Crippen MR) is 81.9 cm³/mol. The van der Waals surface area contributed by atoms with E-state index in [1.54, 1.807) is 6.07 Å². The van der Waals surface area contributed by atoms with Crippen molar-refractivity contribution in [3.05, 3.63) is 71.3 Å². The zero-order chi connectivity index (χ0) is 14.4. The molecule has 2 aromatic carbocycles. The molecule has 0 bridgehead atoms. The third-order valence-electron chi connectivity index (χ3n) is 3.12. The van der Waals surface area contributed by atoms with Gasteiger partial charge in [0.15, 0.2) is 0 Å². The highest BCUT2D eigenvalue weighted by atomic mass is 16.2. The van der Waals surface area contributed by atoms with Crippen LogP contribution >= 0.6 is 0 Å². The molecular weight excluding hydrogens is 248 g/mol. The zero-order valence-corrected chi connectivity index (χ0v) is 11.8. The molecular formula is C17H18N2O. The first-order chi connectivity index (χ1) is 9.72. The highest BCUT2D eigenvalue weighted by molar-refractivity contribution is 6.02. The van der Waals surface area contributed by atoms with Crippen LogP contribution in [0.4, 0.5) is 0 Å². The molecule has 0 unspecified atom stereocenters. The van der Waals surface area contributed by atoms with Gasteiger partial charge >= 0.3 is 0 Å². The van der Waals surface area contributed by atoms with Crippen molar-refractivity contribution in [1.29, 1.82) is 0 Å². The maximum absolute atomic E-state index is 12.1. The van der Waals surface area contributed by atoms with Crippen LogP contribution in [0, 0.1) is 6.92 Å². The van der Waals surface area contributed by atoms with Crippen LogP contribution in [0.2, 0.25) is 0 Å². The van der Waals surface area contributed by atoms with Crippen molar-refractivity contribution in [3.63, 3.8) is 0 Å². The average molecular weight is 266 g/mol. The van der Waals surface area contributed by atoms with E-state index in [1.165, 1.54) is 0 Å². The van der Waals surface area contributed by atoms with Crippen molar-refractivity contribution in [1.82, 2.24) is 5.43 Å². The van der Waals surface area contributed by atoms with Crippen molar-refractivity contribution < 1.29 is 4.79 Å². The van der Waals surface area contributed by atoms with Crippen LogP contribution in [0.15, 0.2) is 59.7 Å². The van der Waals surface area contributed by atoms with Gasteiger partial charge in [-0.2, -0.15) is 5.10 Å². The summed E-state index contributed by atoms with van der Waals surface area (Å²) in [4.78, 5) is 12.1. The highest BCUT2D eigenvalue weighted by Crippen LogP contribution is 2.07. The van der Waals surface area contributed by atoms with E-state index in [0.717, 1.165) is 23.3 Å². The van der Waals surface area contributed by atoms with E-state index in [0.29, 0.717) is 5.56 Å². The van der Waals surface area contributed by atoms with E-state index in [9.17, 15) is 4.79 Å². The Balaban J connectivity index is 2.16. The fourth-order valence-electron chi connectivity index (χ4n) is 1.98. The summed E-state index contributed by atoms with van der Waals surface area (Å²) >= 11 is 0. The summed E-state index contributed by atoms with van der Waals surface area (Å²) in [6.45, 7) is 3.93. The number of hydrogen-bond donors (Lipinski definition) is 1. The van der Waals surface area contributed by atoms with Gasteiger partial charge in [0.2, 0.25) is 0 Å². The Kier molecular flexibility index (Phi) is 4.66. The first-order valence-corrected chi connectivity index (χ1v) is 6.70. The minimum absolute atomic E-state index is 0.176. The van der Waals surface area contributed by atoms with E-state index in [-0.39, 0.29) is 5.91 Å². The first-order valence-electron chi connectivity index (χ1n) is 6.70. The van der Waals surface area contributed by atoms with Crippen LogP contribution in [0.1, 0.15) is 34.8 Å². The molecule has 0 aromatic heterocycles. The number of benzene rings is 2. The molecule has 2 aromatic rings. The summed E-state index contributed by atoms with van der Waals surface area (Å²) in [7, 11) is 0. The smallest absolute Gasteiger partial charge is 0.267 e. The molecule has 0 aliphatic heterocycles. The number of rotatable bonds is 4. The largest absolute Gasteiger partial charge is 0.271 e. The Hall–Kier alpha value is -2.42. The molecule has 0 saturated carbocycles. The van der Waals surface area contributed by atoms with Crippen molar-refractivity contribution in [3.8, 4) is 0 Å². The molecule has 0 spiro atoms. The quantitative estimate of drug-likeness (QED) is 0.667. The SMILES string of the molecule is CC/C(=N\NC(=O)c1ccccc1C)c1ccccc1. The number of amides is 1. The summed E-state index contributed by atoms with van der Waals surface area (Å²) in [5, 5.41) is 4.25. The molecule has 3 nitrogen and oxygen atoms in total. The van der Waals surface area contributed by atoms with Crippen molar-refractivity contribution in [2.75, 3.05) is 0 Å². The number of nitrogens with one attached hydrogen (secondary N) is 1. The van der Waals surface area contributed by atoms with Gasteiger partial charge in [-0.3, -0.25) is 4.79 Å². The molecule has 2 rings (SSSR count). The lowest BCUT2D eigenvalue weighted by molar-refractivity contribution is 0.0954. The van der Waals surface area contributed by atoms with Gasteiger partial charge in [0, 0.05) is 5.56 Å². The van der Waals surface area contributed by atoms with Gasteiger partial charge < -0.3 is 0 Å². The fourth-order valence-corrected chi connectivity index (χ4v) is 1.98. The second kappa shape index (κ2) is 6.66. The molecule has 20 heavy (non-hydrogen) atoms. The summed E-state index contributed by atoms with van der Waals surface area (Å²) in [5.74, 6) is -0.176. The van der Waals surface area contributed by atoms with Gasteiger partial charge in [-0.1, -0.05) is 55.5 Å². The summed E-state index contributed by atoms with van der Waals surface area (Å²) < 4.78 is 0. The fraction of sp³-hybridized carbons (Fsp3) is 0.176. The number of hydrogen-bond acceptors (Lipinski definition) is 2. The number of carbonyl (C=O) groups excluding carboxylic acids is 1. The molecule has 0 saturated heterocycles. The molecule has 0 fully saturated rings. The first kappa shape index (κ1) is 14.0. The van der Waals surface area contributed by atoms with Crippen LogP contribution in [0.5, 0.6) is 0 Å². The number of hydrazone groups is 1. The standard InChI is InChI=1S/C17H18N2O/c1-3-16(14-10-5-4-6-11-14)18-19-17(20)15-12-8-7-9-13(15)2/h4-12H,3H2,1-2H3,(H,19,20)/b18-16+. The Labute approximate surface area is 119 Å². The second-order valence-corrected chi connectivity index (χ2v) is 4.53. The Morgan fingerprint density at radius 1 is 1.05 bits per heavy atom. The predicted octanol–water partition coefficient (Wildman–Crippen LogP) is 3.54. The molecule has 102 valence electrons. The van der Waals surface area contributed by atoms with Gasteiger partial charge in [0.05, 0.1) is 5.71 Å². The minimum Gasteiger partial charge on any atom is -0.267 e. The lowest BCUT2D eigenvalue weighted by Gasteiger charge is -2.06. The molecule has 0 heterocycles. The van der Waals surface area contributed by atoms with Crippen LogP contribution in [-0.4, -0.2) is 11.6 Å². The Bertz CT molecular complexity index is 618. The van der Waals surface area contributed by atoms with Crippen LogP contribution in [-0.2, 0) is 0 Å². The Morgan fingerprint density at radius 3 is 2.35 bits per heavy atom. The summed E-state index contributed by atoms with van der Waals surface area (Å²) in [6, 6.07) is 17.3. The molecule has 3 heteroatoms. The number of nitrogens with zero attached hydrogens (tertiary/aromatic N) is 1. The molecule has 0 radical (unpaired) electrons. The van der Waals surface area contributed by atoms with E-state index < -0.39 is 0 Å². The van der Waals surface area contributed by atoms with Crippen molar-refractivity contribution in [2.24, 2.45) is 5.10 Å². The third kappa shape index (κ3) is 3.32. The van der Waals surface area contributed by atoms with Crippen molar-refractivity contribution in [2.45, 2.75) is 20.3 Å². The molecule has 1 N–H and O–H groups in total. The second-order valence-electron chi connectivity index (χ2n) is 4.53. The topological polar surface area (TPSA) is 41.5 Å². The maximum atomic E-state index is 12.1. The number of carbonyl (C=O) groups is 1. The zero-order valence-electron chi connectivity index (χ0n) is 11.8. The minimum atomic E-state index is -0.176. The summed E-state index contributed by atoms with van der Waals surface area (Å²) in [5.41, 5.74) is 6.13.